The van der Waals surface area contributed by atoms with Crippen LogP contribution in [0.3, 0.4) is 0 Å². The predicted octanol–water partition coefficient (Wildman–Crippen LogP) is 3.12. The van der Waals surface area contributed by atoms with Crippen molar-refractivity contribution in [2.24, 2.45) is 0 Å². The molecule has 1 aromatic carbocycles. The summed E-state index contributed by atoms with van der Waals surface area (Å²) in [6, 6.07) is 5.02. The molecule has 0 aliphatic rings. The summed E-state index contributed by atoms with van der Waals surface area (Å²) in [5, 5.41) is 3.14. The Kier molecular flexibility index (Phi) is 4.70. The molecular formula is C14H21FN2. The molecule has 0 amide bonds. The van der Waals surface area contributed by atoms with Gasteiger partial charge in [0.15, 0.2) is 0 Å². The molecule has 0 saturated carbocycles. The predicted molar refractivity (Wildman–Crippen MR) is 72.0 cm³/mol. The molecule has 0 fully saturated rings. The summed E-state index contributed by atoms with van der Waals surface area (Å²) in [6.45, 7) is 8.68. The first kappa shape index (κ1) is 13.7. The number of nitrogens with zero attached hydrogens (tertiary/aromatic N) is 1. The first-order valence-corrected chi connectivity index (χ1v) is 5.78. The van der Waals surface area contributed by atoms with Crippen LogP contribution in [0.15, 0.2) is 30.4 Å². The molecule has 1 unspecified atom stereocenters. The highest BCUT2D eigenvalue weighted by molar-refractivity contribution is 5.55. The molecule has 0 radical (unpaired) electrons. The van der Waals surface area contributed by atoms with E-state index in [0.717, 1.165) is 23.4 Å². The van der Waals surface area contributed by atoms with E-state index in [-0.39, 0.29) is 11.9 Å². The van der Waals surface area contributed by atoms with Gasteiger partial charge < -0.3 is 10.2 Å². The van der Waals surface area contributed by atoms with Crippen LogP contribution in [0.1, 0.15) is 25.5 Å². The zero-order chi connectivity index (χ0) is 13.0. The third-order valence-corrected chi connectivity index (χ3v) is 2.81. The van der Waals surface area contributed by atoms with Gasteiger partial charge in [0.2, 0.25) is 0 Å². The van der Waals surface area contributed by atoms with Crippen molar-refractivity contribution >= 4 is 5.69 Å². The van der Waals surface area contributed by atoms with Crippen molar-refractivity contribution in [1.82, 2.24) is 5.32 Å². The van der Waals surface area contributed by atoms with Crippen LogP contribution in [-0.2, 0) is 0 Å². The second-order valence-electron chi connectivity index (χ2n) is 4.53. The molecule has 17 heavy (non-hydrogen) atoms. The summed E-state index contributed by atoms with van der Waals surface area (Å²) in [5.74, 6) is -0.199. The third-order valence-electron chi connectivity index (χ3n) is 2.81. The van der Waals surface area contributed by atoms with Crippen LogP contribution in [0.2, 0.25) is 0 Å². The molecule has 0 aromatic heterocycles. The lowest BCUT2D eigenvalue weighted by atomic mass is 10.0. The van der Waals surface area contributed by atoms with Gasteiger partial charge in [0.25, 0.3) is 0 Å². The molecule has 1 aromatic rings. The Balaban J connectivity index is 3.09. The molecule has 1 atom stereocenters. The molecule has 1 N–H and O–H groups in total. The monoisotopic (exact) mass is 236 g/mol. The summed E-state index contributed by atoms with van der Waals surface area (Å²) in [7, 11) is 3.87. The maximum atomic E-state index is 13.3. The molecule has 0 saturated heterocycles. The average molecular weight is 236 g/mol. The van der Waals surface area contributed by atoms with Crippen LogP contribution in [0.25, 0.3) is 0 Å². The Morgan fingerprint density at radius 2 is 2.18 bits per heavy atom. The maximum Gasteiger partial charge on any atom is 0.123 e. The van der Waals surface area contributed by atoms with Gasteiger partial charge in [0.05, 0.1) is 0 Å². The Morgan fingerprint density at radius 1 is 1.53 bits per heavy atom. The average Bonchev–Trinajstić information content (AvgIpc) is 2.26. The van der Waals surface area contributed by atoms with Crippen LogP contribution < -0.4 is 10.2 Å². The summed E-state index contributed by atoms with van der Waals surface area (Å²) in [6.07, 6.45) is 0. The highest BCUT2D eigenvalue weighted by atomic mass is 19.1. The molecule has 2 nitrogen and oxygen atoms in total. The standard InChI is InChI=1S/C14H21FN2/c1-10(2)9-17(5)14-7-6-12(15)8-13(14)11(3)16-4/h6-8,11,16H,1,9H2,2-5H3. The molecule has 0 bridgehead atoms. The molecule has 0 aliphatic heterocycles. The molecule has 0 aliphatic carbocycles. The van der Waals surface area contributed by atoms with Crippen molar-refractivity contribution in [3.63, 3.8) is 0 Å². The van der Waals surface area contributed by atoms with E-state index in [1.54, 1.807) is 6.07 Å². The minimum absolute atomic E-state index is 0.119. The first-order valence-electron chi connectivity index (χ1n) is 5.78. The third kappa shape index (κ3) is 3.56. The summed E-state index contributed by atoms with van der Waals surface area (Å²) in [4.78, 5) is 2.09. The smallest absolute Gasteiger partial charge is 0.123 e. The second kappa shape index (κ2) is 5.82. The second-order valence-corrected chi connectivity index (χ2v) is 4.53. The lowest BCUT2D eigenvalue weighted by Gasteiger charge is -2.25. The van der Waals surface area contributed by atoms with Crippen LogP contribution in [0.5, 0.6) is 0 Å². The number of likely N-dealkylation sites (N-methyl/N-ethyl adjacent to an activating group) is 1. The van der Waals surface area contributed by atoms with Crippen molar-refractivity contribution in [3.05, 3.63) is 41.7 Å². The van der Waals surface area contributed by atoms with Crippen LogP contribution in [0.4, 0.5) is 10.1 Å². The van der Waals surface area contributed by atoms with Gasteiger partial charge in [-0.1, -0.05) is 12.2 Å². The Bertz CT molecular complexity index is 401. The molecule has 0 heterocycles. The molecule has 1 rings (SSSR count). The van der Waals surface area contributed by atoms with Gasteiger partial charge >= 0.3 is 0 Å². The number of hydrogen-bond acceptors (Lipinski definition) is 2. The van der Waals surface area contributed by atoms with Crippen molar-refractivity contribution < 1.29 is 4.39 Å². The van der Waals surface area contributed by atoms with Crippen molar-refractivity contribution in [1.29, 1.82) is 0 Å². The van der Waals surface area contributed by atoms with Gasteiger partial charge in [-0.15, -0.1) is 0 Å². The number of halogens is 1. The Morgan fingerprint density at radius 3 is 2.71 bits per heavy atom. The molecular weight excluding hydrogens is 215 g/mol. The summed E-state index contributed by atoms with van der Waals surface area (Å²) >= 11 is 0. The summed E-state index contributed by atoms with van der Waals surface area (Å²) < 4.78 is 13.3. The van der Waals surface area contributed by atoms with Crippen LogP contribution in [-0.4, -0.2) is 20.6 Å². The SMILES string of the molecule is C=C(C)CN(C)c1ccc(F)cc1C(C)NC. The van der Waals surface area contributed by atoms with Gasteiger partial charge in [-0.25, -0.2) is 4.39 Å². The number of nitrogens with one attached hydrogen (secondary N) is 1. The van der Waals surface area contributed by atoms with Crippen molar-refractivity contribution in [2.45, 2.75) is 19.9 Å². The lowest BCUT2D eigenvalue weighted by Crippen LogP contribution is -2.23. The minimum atomic E-state index is -0.199. The van der Waals surface area contributed by atoms with E-state index in [1.165, 1.54) is 6.07 Å². The fraction of sp³-hybridized carbons (Fsp3) is 0.429. The summed E-state index contributed by atoms with van der Waals surface area (Å²) in [5.41, 5.74) is 3.09. The van der Waals surface area contributed by atoms with Gasteiger partial charge in [-0.05, 0) is 44.7 Å². The van der Waals surface area contributed by atoms with E-state index in [2.05, 4.69) is 16.8 Å². The zero-order valence-electron chi connectivity index (χ0n) is 11.0. The number of benzene rings is 1. The van der Waals surface area contributed by atoms with E-state index in [4.69, 9.17) is 0 Å². The van der Waals surface area contributed by atoms with E-state index >= 15 is 0 Å². The van der Waals surface area contributed by atoms with Crippen LogP contribution in [0, 0.1) is 5.82 Å². The van der Waals surface area contributed by atoms with Crippen molar-refractivity contribution in [2.75, 3.05) is 25.5 Å². The van der Waals surface area contributed by atoms with Gasteiger partial charge in [-0.3, -0.25) is 0 Å². The molecule has 94 valence electrons. The van der Waals surface area contributed by atoms with Gasteiger partial charge in [0, 0.05) is 25.3 Å². The van der Waals surface area contributed by atoms with E-state index in [9.17, 15) is 4.39 Å². The Hall–Kier alpha value is -1.35. The van der Waals surface area contributed by atoms with Gasteiger partial charge in [0.1, 0.15) is 5.82 Å². The van der Waals surface area contributed by atoms with E-state index in [0.29, 0.717) is 0 Å². The normalized spacial score (nSPS) is 12.3. The number of rotatable bonds is 5. The Labute approximate surface area is 103 Å². The first-order chi connectivity index (χ1) is 7.95. The minimum Gasteiger partial charge on any atom is -0.370 e. The fourth-order valence-electron chi connectivity index (χ4n) is 1.87. The largest absolute Gasteiger partial charge is 0.370 e. The maximum absolute atomic E-state index is 13.3. The highest BCUT2D eigenvalue weighted by Gasteiger charge is 2.13. The molecule has 0 spiro atoms. The van der Waals surface area contributed by atoms with Crippen molar-refractivity contribution in [3.8, 4) is 0 Å². The number of anilines is 1. The quantitative estimate of drug-likeness (QED) is 0.790. The van der Waals surface area contributed by atoms with Crippen LogP contribution >= 0.6 is 0 Å². The molecule has 3 heteroatoms. The lowest BCUT2D eigenvalue weighted by molar-refractivity contribution is 0.608. The highest BCUT2D eigenvalue weighted by Crippen LogP contribution is 2.26. The fourth-order valence-corrected chi connectivity index (χ4v) is 1.87. The topological polar surface area (TPSA) is 15.3 Å². The van der Waals surface area contributed by atoms with Gasteiger partial charge in [-0.2, -0.15) is 0 Å². The van der Waals surface area contributed by atoms with E-state index in [1.807, 2.05) is 34.0 Å². The number of hydrogen-bond donors (Lipinski definition) is 1. The zero-order valence-corrected chi connectivity index (χ0v) is 11.0. The van der Waals surface area contributed by atoms with E-state index < -0.39 is 0 Å².